The first-order chi connectivity index (χ1) is 7.00. The van der Waals surface area contributed by atoms with Crippen molar-refractivity contribution in [3.8, 4) is 0 Å². The zero-order chi connectivity index (χ0) is 11.5. The van der Waals surface area contributed by atoms with Crippen LogP contribution in [0.3, 0.4) is 0 Å². The molecule has 1 saturated heterocycles. The monoisotopic (exact) mass is 214 g/mol. The smallest absolute Gasteiger partial charge is 0.229 e. The Bertz CT molecular complexity index is 229. The van der Waals surface area contributed by atoms with E-state index in [0.29, 0.717) is 6.61 Å². The Hall–Kier alpha value is -0.610. The van der Waals surface area contributed by atoms with Crippen LogP contribution in [0.2, 0.25) is 0 Å². The van der Waals surface area contributed by atoms with E-state index in [0.717, 1.165) is 25.9 Å². The Morgan fingerprint density at radius 3 is 2.87 bits per heavy atom. The number of ether oxygens (including phenoxy) is 1. The third kappa shape index (κ3) is 2.69. The van der Waals surface area contributed by atoms with Crippen molar-refractivity contribution in [2.45, 2.75) is 32.7 Å². The quantitative estimate of drug-likeness (QED) is 0.698. The molecule has 0 aromatic rings. The molecule has 4 nitrogen and oxygen atoms in total. The highest BCUT2D eigenvalue weighted by Gasteiger charge is 2.41. The fraction of sp³-hybridized carbons (Fsp3) is 0.909. The molecule has 1 heterocycles. The van der Waals surface area contributed by atoms with Crippen molar-refractivity contribution >= 4 is 5.91 Å². The Morgan fingerprint density at radius 2 is 2.27 bits per heavy atom. The van der Waals surface area contributed by atoms with E-state index in [2.05, 4.69) is 0 Å². The van der Waals surface area contributed by atoms with Crippen LogP contribution in [0.5, 0.6) is 0 Å². The van der Waals surface area contributed by atoms with Crippen LogP contribution in [0, 0.1) is 5.41 Å². The molecule has 4 heteroatoms. The van der Waals surface area contributed by atoms with Gasteiger partial charge in [-0.05, 0) is 26.7 Å². The van der Waals surface area contributed by atoms with Gasteiger partial charge < -0.3 is 15.4 Å². The van der Waals surface area contributed by atoms with Gasteiger partial charge in [0.15, 0.2) is 0 Å². The Labute approximate surface area is 91.8 Å². The van der Waals surface area contributed by atoms with Crippen LogP contribution >= 0.6 is 0 Å². The van der Waals surface area contributed by atoms with Crippen molar-refractivity contribution in [1.82, 2.24) is 4.90 Å². The van der Waals surface area contributed by atoms with Gasteiger partial charge in [0.2, 0.25) is 5.91 Å². The molecule has 0 bridgehead atoms. The van der Waals surface area contributed by atoms with E-state index >= 15 is 0 Å². The highest BCUT2D eigenvalue weighted by atomic mass is 16.5. The molecule has 1 unspecified atom stereocenters. The van der Waals surface area contributed by atoms with Crippen molar-refractivity contribution in [2.24, 2.45) is 11.1 Å². The minimum atomic E-state index is -0.411. The normalized spacial score (nSPS) is 25.7. The average Bonchev–Trinajstić information content (AvgIpc) is 2.19. The zero-order valence-electron chi connectivity index (χ0n) is 9.95. The maximum atomic E-state index is 12.1. The molecular weight excluding hydrogens is 192 g/mol. The summed E-state index contributed by atoms with van der Waals surface area (Å²) in [4.78, 5) is 14.0. The van der Waals surface area contributed by atoms with Gasteiger partial charge in [0, 0.05) is 32.8 Å². The number of hydrogen-bond acceptors (Lipinski definition) is 3. The Balaban J connectivity index is 2.51. The largest absolute Gasteiger partial charge is 0.385 e. The molecule has 15 heavy (non-hydrogen) atoms. The number of nitrogens with zero attached hydrogens (tertiary/aromatic N) is 1. The number of amides is 1. The number of rotatable bonds is 4. The van der Waals surface area contributed by atoms with Crippen LogP contribution in [0.1, 0.15) is 26.7 Å². The fourth-order valence-electron chi connectivity index (χ4n) is 1.94. The lowest BCUT2D eigenvalue weighted by molar-refractivity contribution is -0.145. The number of carbonyl (C=O) groups is 1. The van der Waals surface area contributed by atoms with E-state index in [9.17, 15) is 4.79 Å². The standard InChI is InChI=1S/C11H22N2O2/c1-11(2)9(12)5-7-13(10(11)14)6-4-8-15-3/h9H,4-8,12H2,1-3H3. The Morgan fingerprint density at radius 1 is 1.60 bits per heavy atom. The van der Waals surface area contributed by atoms with Gasteiger partial charge in [0.1, 0.15) is 0 Å². The highest BCUT2D eigenvalue weighted by molar-refractivity contribution is 5.83. The summed E-state index contributed by atoms with van der Waals surface area (Å²) in [6, 6.07) is -0.0105. The Kier molecular flexibility index (Phi) is 4.11. The van der Waals surface area contributed by atoms with Gasteiger partial charge in [-0.2, -0.15) is 0 Å². The molecule has 0 spiro atoms. The van der Waals surface area contributed by atoms with Gasteiger partial charge in [-0.15, -0.1) is 0 Å². The lowest BCUT2D eigenvalue weighted by atomic mass is 9.79. The van der Waals surface area contributed by atoms with Gasteiger partial charge in [-0.1, -0.05) is 0 Å². The van der Waals surface area contributed by atoms with Gasteiger partial charge >= 0.3 is 0 Å². The summed E-state index contributed by atoms with van der Waals surface area (Å²) in [6.07, 6.45) is 1.79. The minimum absolute atomic E-state index is 0.0105. The molecule has 0 aromatic heterocycles. The summed E-state index contributed by atoms with van der Waals surface area (Å²) >= 11 is 0. The number of hydrogen-bond donors (Lipinski definition) is 1. The van der Waals surface area contributed by atoms with E-state index in [-0.39, 0.29) is 11.9 Å². The molecule has 1 amide bonds. The van der Waals surface area contributed by atoms with E-state index in [4.69, 9.17) is 10.5 Å². The average molecular weight is 214 g/mol. The molecule has 88 valence electrons. The van der Waals surface area contributed by atoms with E-state index in [1.165, 1.54) is 0 Å². The molecule has 0 aliphatic carbocycles. The second kappa shape index (κ2) is 4.94. The topological polar surface area (TPSA) is 55.6 Å². The summed E-state index contributed by atoms with van der Waals surface area (Å²) in [5.41, 5.74) is 5.54. The summed E-state index contributed by atoms with van der Waals surface area (Å²) in [7, 11) is 1.68. The van der Waals surface area contributed by atoms with Crippen LogP contribution in [-0.2, 0) is 9.53 Å². The van der Waals surface area contributed by atoms with Crippen LogP contribution in [0.15, 0.2) is 0 Å². The lowest BCUT2D eigenvalue weighted by Crippen LogP contribution is -2.56. The summed E-state index contributed by atoms with van der Waals surface area (Å²) in [6.45, 7) is 6.14. The SMILES string of the molecule is COCCCN1CCC(N)C(C)(C)C1=O. The van der Waals surface area contributed by atoms with E-state index in [1.54, 1.807) is 7.11 Å². The van der Waals surface area contributed by atoms with E-state index < -0.39 is 5.41 Å². The van der Waals surface area contributed by atoms with Gasteiger partial charge in [-0.3, -0.25) is 4.79 Å². The van der Waals surface area contributed by atoms with E-state index in [1.807, 2.05) is 18.7 Å². The third-order valence-electron chi connectivity index (χ3n) is 3.25. The molecule has 0 aromatic carbocycles. The molecule has 1 fully saturated rings. The molecule has 1 aliphatic rings. The first kappa shape index (κ1) is 12.5. The van der Waals surface area contributed by atoms with Crippen LogP contribution in [0.4, 0.5) is 0 Å². The molecule has 0 radical (unpaired) electrons. The number of nitrogens with two attached hydrogens (primary N) is 1. The third-order valence-corrected chi connectivity index (χ3v) is 3.25. The number of likely N-dealkylation sites (tertiary alicyclic amines) is 1. The maximum absolute atomic E-state index is 12.1. The first-order valence-electron chi connectivity index (χ1n) is 5.54. The van der Waals surface area contributed by atoms with Crippen molar-refractivity contribution in [3.63, 3.8) is 0 Å². The van der Waals surface area contributed by atoms with Crippen molar-refractivity contribution < 1.29 is 9.53 Å². The second-order valence-electron chi connectivity index (χ2n) is 4.76. The number of carbonyl (C=O) groups excluding carboxylic acids is 1. The lowest BCUT2D eigenvalue weighted by Gasteiger charge is -2.41. The van der Waals surface area contributed by atoms with Crippen LogP contribution in [0.25, 0.3) is 0 Å². The van der Waals surface area contributed by atoms with Crippen molar-refractivity contribution in [1.29, 1.82) is 0 Å². The summed E-state index contributed by atoms with van der Waals surface area (Å²) in [5.74, 6) is 0.178. The number of methoxy groups -OCH3 is 1. The molecule has 1 atom stereocenters. The molecule has 0 saturated carbocycles. The molecule has 1 rings (SSSR count). The van der Waals surface area contributed by atoms with Gasteiger partial charge in [0.25, 0.3) is 0 Å². The molecule has 1 aliphatic heterocycles. The first-order valence-corrected chi connectivity index (χ1v) is 5.54. The second-order valence-corrected chi connectivity index (χ2v) is 4.76. The summed E-state index contributed by atoms with van der Waals surface area (Å²) < 4.78 is 4.98. The maximum Gasteiger partial charge on any atom is 0.229 e. The van der Waals surface area contributed by atoms with Crippen molar-refractivity contribution in [2.75, 3.05) is 26.8 Å². The molecular formula is C11H22N2O2. The summed E-state index contributed by atoms with van der Waals surface area (Å²) in [5, 5.41) is 0. The molecule has 2 N–H and O–H groups in total. The fourth-order valence-corrected chi connectivity index (χ4v) is 1.94. The van der Waals surface area contributed by atoms with Gasteiger partial charge in [-0.25, -0.2) is 0 Å². The van der Waals surface area contributed by atoms with Crippen LogP contribution in [-0.4, -0.2) is 43.7 Å². The van der Waals surface area contributed by atoms with Crippen LogP contribution < -0.4 is 5.73 Å². The van der Waals surface area contributed by atoms with Crippen molar-refractivity contribution in [3.05, 3.63) is 0 Å². The van der Waals surface area contributed by atoms with Gasteiger partial charge in [0.05, 0.1) is 5.41 Å². The zero-order valence-corrected chi connectivity index (χ0v) is 9.95. The number of piperidine rings is 1. The predicted molar refractivity (Wildman–Crippen MR) is 59.4 cm³/mol. The predicted octanol–water partition coefficient (Wildman–Crippen LogP) is 0.609. The minimum Gasteiger partial charge on any atom is -0.385 e. The highest BCUT2D eigenvalue weighted by Crippen LogP contribution is 2.29.